The molecule has 0 saturated heterocycles. The highest BCUT2D eigenvalue weighted by molar-refractivity contribution is 7.89. The molecule has 0 unspecified atom stereocenters. The van der Waals surface area contributed by atoms with E-state index in [0.717, 1.165) is 23.1 Å². The molecule has 0 amide bonds. The lowest BCUT2D eigenvalue weighted by Crippen LogP contribution is -2.25. The molecule has 0 aliphatic carbocycles. The van der Waals surface area contributed by atoms with Crippen LogP contribution < -0.4 is 9.46 Å². The summed E-state index contributed by atoms with van der Waals surface area (Å²) in [7, 11) is -3.71. The highest BCUT2D eigenvalue weighted by Gasteiger charge is 2.18. The van der Waals surface area contributed by atoms with Crippen molar-refractivity contribution in [1.82, 2.24) is 19.3 Å². The largest absolute Gasteiger partial charge is 0.494 e. The highest BCUT2D eigenvalue weighted by Crippen LogP contribution is 2.19. The van der Waals surface area contributed by atoms with Gasteiger partial charge >= 0.3 is 0 Å². The average Bonchev–Trinajstić information content (AvgIpc) is 3.16. The summed E-state index contributed by atoms with van der Waals surface area (Å²) in [4.78, 5) is 9.28. The summed E-state index contributed by atoms with van der Waals surface area (Å²) in [5.41, 5.74) is 3.82. The Hall–Kier alpha value is -3.23. The molecule has 4 aromatic rings. The summed E-state index contributed by atoms with van der Waals surface area (Å²) >= 11 is 0. The van der Waals surface area contributed by atoms with Gasteiger partial charge in [-0.05, 0) is 60.9 Å². The Kier molecular flexibility index (Phi) is 6.53. The summed E-state index contributed by atoms with van der Waals surface area (Å²) < 4.78 is 35.7. The van der Waals surface area contributed by atoms with Crippen LogP contribution in [0.3, 0.4) is 0 Å². The van der Waals surface area contributed by atoms with Crippen LogP contribution in [0.25, 0.3) is 11.2 Å². The number of nitrogens with zero attached hydrogens (tertiary/aromatic N) is 3. The van der Waals surface area contributed by atoms with Gasteiger partial charge < -0.3 is 9.30 Å². The van der Waals surface area contributed by atoms with Crippen LogP contribution in [-0.4, -0.2) is 29.6 Å². The number of benzene rings is 2. The Morgan fingerprint density at radius 2 is 1.69 bits per heavy atom. The number of sulfonamides is 1. The number of rotatable bonds is 9. The molecule has 4 rings (SSSR count). The first-order valence-electron chi connectivity index (χ1n) is 10.6. The third kappa shape index (κ3) is 4.81. The monoisotopic (exact) mass is 450 g/mol. The second kappa shape index (κ2) is 9.50. The molecule has 2 heterocycles. The zero-order chi connectivity index (χ0) is 22.6. The zero-order valence-electron chi connectivity index (χ0n) is 18.2. The molecule has 0 bridgehead atoms. The molecule has 0 atom stereocenters. The minimum Gasteiger partial charge on any atom is -0.494 e. The number of ether oxygens (including phenoxy) is 1. The summed E-state index contributed by atoms with van der Waals surface area (Å²) in [6.45, 7) is 5.13. The van der Waals surface area contributed by atoms with Crippen molar-refractivity contribution in [2.45, 2.75) is 38.3 Å². The van der Waals surface area contributed by atoms with Gasteiger partial charge in [0.1, 0.15) is 17.1 Å². The number of pyridine rings is 1. The summed E-state index contributed by atoms with van der Waals surface area (Å²) in [5, 5.41) is 0. The van der Waals surface area contributed by atoms with Gasteiger partial charge in [0, 0.05) is 6.20 Å². The topological polar surface area (TPSA) is 86.1 Å². The lowest BCUT2D eigenvalue weighted by Gasteiger charge is -2.11. The van der Waals surface area contributed by atoms with Crippen LogP contribution in [0.1, 0.15) is 30.8 Å². The molecule has 2 aromatic heterocycles. The summed E-state index contributed by atoms with van der Waals surface area (Å²) in [6, 6.07) is 18.5. The van der Waals surface area contributed by atoms with E-state index in [0.29, 0.717) is 24.7 Å². The van der Waals surface area contributed by atoms with Crippen LogP contribution >= 0.6 is 0 Å². The summed E-state index contributed by atoms with van der Waals surface area (Å²) in [6.07, 6.45) is 2.70. The maximum atomic E-state index is 12.8. The van der Waals surface area contributed by atoms with Gasteiger partial charge in [0.25, 0.3) is 0 Å². The molecule has 166 valence electrons. The van der Waals surface area contributed by atoms with Gasteiger partial charge in [-0.1, -0.05) is 31.2 Å². The maximum Gasteiger partial charge on any atom is 0.240 e. The predicted molar refractivity (Wildman–Crippen MR) is 124 cm³/mol. The lowest BCUT2D eigenvalue weighted by molar-refractivity contribution is 0.340. The molecule has 2 aromatic carbocycles. The minimum atomic E-state index is -3.71. The second-order valence-corrected chi connectivity index (χ2v) is 9.13. The molecule has 0 saturated carbocycles. The molecule has 0 aliphatic heterocycles. The SMILES string of the molecule is CCOc1ccc(S(=O)(=O)NCc2nc3cccnc3n2Cc2ccc(CC)cc2)cc1. The minimum absolute atomic E-state index is 0.0545. The van der Waals surface area contributed by atoms with E-state index in [1.165, 1.54) is 17.7 Å². The van der Waals surface area contributed by atoms with Crippen molar-refractivity contribution in [3.63, 3.8) is 0 Å². The Morgan fingerprint density at radius 3 is 2.38 bits per heavy atom. The average molecular weight is 451 g/mol. The van der Waals surface area contributed by atoms with E-state index in [9.17, 15) is 8.42 Å². The van der Waals surface area contributed by atoms with Crippen molar-refractivity contribution in [1.29, 1.82) is 0 Å². The van der Waals surface area contributed by atoms with Crippen molar-refractivity contribution in [2.24, 2.45) is 0 Å². The fourth-order valence-corrected chi connectivity index (χ4v) is 4.47. The smallest absolute Gasteiger partial charge is 0.240 e. The number of aryl methyl sites for hydroxylation is 1. The van der Waals surface area contributed by atoms with Crippen molar-refractivity contribution in [3.05, 3.63) is 83.8 Å². The number of imidazole rings is 1. The van der Waals surface area contributed by atoms with Gasteiger partial charge in [-0.25, -0.2) is 23.1 Å². The van der Waals surface area contributed by atoms with Gasteiger partial charge in [0.2, 0.25) is 10.0 Å². The first-order valence-corrected chi connectivity index (χ1v) is 12.1. The Bertz CT molecular complexity index is 1300. The molecule has 0 fully saturated rings. The van der Waals surface area contributed by atoms with Gasteiger partial charge in [0.05, 0.1) is 24.6 Å². The fourth-order valence-electron chi connectivity index (χ4n) is 3.49. The summed E-state index contributed by atoms with van der Waals surface area (Å²) in [5.74, 6) is 1.24. The maximum absolute atomic E-state index is 12.8. The Morgan fingerprint density at radius 1 is 0.969 bits per heavy atom. The van der Waals surface area contributed by atoms with Crippen molar-refractivity contribution < 1.29 is 13.2 Å². The van der Waals surface area contributed by atoms with E-state index in [4.69, 9.17) is 4.74 Å². The van der Waals surface area contributed by atoms with Crippen LogP contribution in [0.5, 0.6) is 5.75 Å². The molecule has 32 heavy (non-hydrogen) atoms. The molecular weight excluding hydrogens is 424 g/mol. The molecule has 7 nitrogen and oxygen atoms in total. The van der Waals surface area contributed by atoms with Gasteiger partial charge in [0.15, 0.2) is 5.65 Å². The fraction of sp³-hybridized carbons (Fsp3) is 0.250. The number of hydrogen-bond acceptors (Lipinski definition) is 5. The zero-order valence-corrected chi connectivity index (χ0v) is 19.0. The van der Waals surface area contributed by atoms with Crippen molar-refractivity contribution in [2.75, 3.05) is 6.61 Å². The van der Waals surface area contributed by atoms with E-state index < -0.39 is 10.0 Å². The van der Waals surface area contributed by atoms with Gasteiger partial charge in [-0.3, -0.25) is 0 Å². The third-order valence-electron chi connectivity index (χ3n) is 5.22. The van der Waals surface area contributed by atoms with E-state index in [1.807, 2.05) is 23.6 Å². The Labute approximate surface area is 188 Å². The Balaban J connectivity index is 1.58. The van der Waals surface area contributed by atoms with Crippen LogP contribution in [0, 0.1) is 0 Å². The first-order chi connectivity index (χ1) is 15.5. The predicted octanol–water partition coefficient (Wildman–Crippen LogP) is 3.92. The second-order valence-electron chi connectivity index (χ2n) is 7.36. The van der Waals surface area contributed by atoms with Crippen LogP contribution in [0.2, 0.25) is 0 Å². The first kappa shape index (κ1) is 22.0. The quantitative estimate of drug-likeness (QED) is 0.418. The third-order valence-corrected chi connectivity index (χ3v) is 6.64. The van der Waals surface area contributed by atoms with Crippen molar-refractivity contribution in [3.8, 4) is 5.75 Å². The number of hydrogen-bond donors (Lipinski definition) is 1. The lowest BCUT2D eigenvalue weighted by atomic mass is 10.1. The molecule has 0 radical (unpaired) electrons. The van der Waals surface area contributed by atoms with Crippen molar-refractivity contribution >= 4 is 21.2 Å². The highest BCUT2D eigenvalue weighted by atomic mass is 32.2. The molecular formula is C24H26N4O3S. The van der Waals surface area contributed by atoms with Gasteiger partial charge in [-0.15, -0.1) is 0 Å². The number of aromatic nitrogens is 3. The van der Waals surface area contributed by atoms with Crippen LogP contribution in [0.15, 0.2) is 71.8 Å². The van der Waals surface area contributed by atoms with E-state index in [2.05, 4.69) is 45.9 Å². The standard InChI is InChI=1S/C24H26N4O3S/c1-3-18-7-9-19(10-8-18)17-28-23(27-22-6-5-15-25-24(22)28)16-26-32(29,30)21-13-11-20(12-14-21)31-4-2/h5-15,26H,3-4,16-17H2,1-2H3. The number of fused-ring (bicyclic) bond motifs is 1. The van der Waals surface area contributed by atoms with Crippen LogP contribution in [0.4, 0.5) is 0 Å². The molecule has 8 heteroatoms. The van der Waals surface area contributed by atoms with Gasteiger partial charge in [-0.2, -0.15) is 0 Å². The normalized spacial score (nSPS) is 11.7. The van der Waals surface area contributed by atoms with E-state index in [1.54, 1.807) is 18.3 Å². The molecule has 1 N–H and O–H groups in total. The molecule has 0 aliphatic rings. The van der Waals surface area contributed by atoms with Crippen LogP contribution in [-0.2, 0) is 29.5 Å². The van der Waals surface area contributed by atoms with E-state index in [-0.39, 0.29) is 11.4 Å². The molecule has 0 spiro atoms. The number of nitrogens with one attached hydrogen (secondary N) is 1. The van der Waals surface area contributed by atoms with E-state index >= 15 is 0 Å².